The molecule has 1 heterocycles. The molecule has 0 spiro atoms. The normalized spacial score (nSPS) is 12.2. The van der Waals surface area contributed by atoms with Crippen molar-refractivity contribution < 1.29 is 13.2 Å². The molecule has 1 aromatic carbocycles. The van der Waals surface area contributed by atoms with E-state index in [4.69, 9.17) is 12.2 Å². The summed E-state index contributed by atoms with van der Waals surface area (Å²) in [6, 6.07) is 3.64. The summed E-state index contributed by atoms with van der Waals surface area (Å²) < 4.78 is 40.0. The van der Waals surface area contributed by atoms with Crippen molar-refractivity contribution in [2.24, 2.45) is 0 Å². The number of thioether (sulfide) groups is 1. The van der Waals surface area contributed by atoms with Gasteiger partial charge in [-0.25, -0.2) is 0 Å². The van der Waals surface area contributed by atoms with Gasteiger partial charge >= 0.3 is 6.18 Å². The summed E-state index contributed by atoms with van der Waals surface area (Å²) in [5, 5.41) is 0. The Morgan fingerprint density at radius 3 is 2.72 bits per heavy atom. The van der Waals surface area contributed by atoms with Crippen molar-refractivity contribution in [3.8, 4) is 0 Å². The first kappa shape index (κ1) is 13.5. The van der Waals surface area contributed by atoms with E-state index in [2.05, 4.69) is 4.98 Å². The van der Waals surface area contributed by atoms with Gasteiger partial charge in [0.2, 0.25) is 0 Å². The Hall–Kier alpha value is -0.950. The predicted octanol–water partition coefficient (Wildman–Crippen LogP) is 4.08. The van der Waals surface area contributed by atoms with Gasteiger partial charge in [-0.15, -0.1) is 0 Å². The Labute approximate surface area is 111 Å². The second-order valence-electron chi connectivity index (χ2n) is 3.80. The summed E-state index contributed by atoms with van der Waals surface area (Å²) in [5.74, 6) is 0.863. The molecular formula is C11H11F3N2S2. The Balaban J connectivity index is 2.51. The largest absolute Gasteiger partial charge is 0.416 e. The van der Waals surface area contributed by atoms with E-state index in [0.717, 1.165) is 17.9 Å². The number of imidazole rings is 1. The molecule has 0 amide bonds. The van der Waals surface area contributed by atoms with E-state index in [1.54, 1.807) is 11.8 Å². The number of nitrogens with zero attached hydrogens (tertiary/aromatic N) is 1. The molecule has 0 fully saturated rings. The maximum atomic E-state index is 12.6. The van der Waals surface area contributed by atoms with Crippen molar-refractivity contribution in [2.45, 2.75) is 12.7 Å². The number of hydrogen-bond donors (Lipinski definition) is 1. The quantitative estimate of drug-likeness (QED) is 0.860. The topological polar surface area (TPSA) is 20.7 Å². The molecule has 0 atom stereocenters. The maximum absolute atomic E-state index is 12.6. The summed E-state index contributed by atoms with van der Waals surface area (Å²) in [7, 11) is 0. The number of H-pyrrole nitrogens is 1. The van der Waals surface area contributed by atoms with Crippen LogP contribution in [0.25, 0.3) is 11.0 Å². The van der Waals surface area contributed by atoms with Crippen LogP contribution in [-0.4, -0.2) is 21.6 Å². The number of alkyl halides is 3. The monoisotopic (exact) mass is 292 g/mol. The third kappa shape index (κ3) is 2.56. The lowest BCUT2D eigenvalue weighted by Crippen LogP contribution is -2.04. The summed E-state index contributed by atoms with van der Waals surface area (Å²) >= 11 is 6.78. The van der Waals surface area contributed by atoms with E-state index < -0.39 is 11.7 Å². The van der Waals surface area contributed by atoms with Crippen LogP contribution in [0.3, 0.4) is 0 Å². The zero-order valence-electron chi connectivity index (χ0n) is 9.54. The highest BCUT2D eigenvalue weighted by Crippen LogP contribution is 2.31. The highest BCUT2D eigenvalue weighted by atomic mass is 32.2. The van der Waals surface area contributed by atoms with Gasteiger partial charge in [-0.05, 0) is 36.7 Å². The first-order chi connectivity index (χ1) is 8.43. The first-order valence-corrected chi connectivity index (χ1v) is 7.02. The molecule has 0 aliphatic rings. The smallest absolute Gasteiger partial charge is 0.331 e. The van der Waals surface area contributed by atoms with Crippen LogP contribution in [0.5, 0.6) is 0 Å². The van der Waals surface area contributed by atoms with E-state index in [1.165, 1.54) is 6.07 Å². The Kier molecular flexibility index (Phi) is 3.72. The molecule has 0 saturated carbocycles. The van der Waals surface area contributed by atoms with Crippen molar-refractivity contribution in [3.05, 3.63) is 28.5 Å². The highest BCUT2D eigenvalue weighted by Gasteiger charge is 2.30. The molecule has 0 aliphatic carbocycles. The van der Waals surface area contributed by atoms with Crippen molar-refractivity contribution in [2.75, 3.05) is 12.0 Å². The summed E-state index contributed by atoms with van der Waals surface area (Å²) in [5.41, 5.74) is 0.473. The zero-order chi connectivity index (χ0) is 13.3. The number of rotatable bonds is 3. The van der Waals surface area contributed by atoms with Gasteiger partial charge in [0.1, 0.15) is 0 Å². The second kappa shape index (κ2) is 4.97. The molecular weight excluding hydrogens is 281 g/mol. The third-order valence-electron chi connectivity index (χ3n) is 2.62. The number of halogens is 3. The minimum Gasteiger partial charge on any atom is -0.331 e. The first-order valence-electron chi connectivity index (χ1n) is 5.22. The average molecular weight is 292 g/mol. The molecule has 0 aliphatic heterocycles. The van der Waals surface area contributed by atoms with Crippen LogP contribution in [0.4, 0.5) is 13.2 Å². The molecule has 0 unspecified atom stereocenters. The maximum Gasteiger partial charge on any atom is 0.416 e. The number of aryl methyl sites for hydroxylation is 1. The highest BCUT2D eigenvalue weighted by molar-refractivity contribution is 7.98. The number of hydrogen-bond acceptors (Lipinski definition) is 2. The Morgan fingerprint density at radius 2 is 2.11 bits per heavy atom. The van der Waals surface area contributed by atoms with Crippen LogP contribution in [0.1, 0.15) is 5.56 Å². The van der Waals surface area contributed by atoms with Gasteiger partial charge < -0.3 is 9.55 Å². The zero-order valence-corrected chi connectivity index (χ0v) is 11.2. The van der Waals surface area contributed by atoms with E-state index in [9.17, 15) is 13.2 Å². The van der Waals surface area contributed by atoms with Crippen LogP contribution in [0.2, 0.25) is 0 Å². The molecule has 1 aromatic heterocycles. The standard InChI is InChI=1S/C11H11F3N2S2/c1-18-5-4-16-9-3-2-7(11(12,13)14)6-8(9)15-10(16)17/h2-3,6H,4-5H2,1H3,(H,15,17). The van der Waals surface area contributed by atoms with Gasteiger partial charge in [-0.2, -0.15) is 24.9 Å². The van der Waals surface area contributed by atoms with Crippen LogP contribution >= 0.6 is 24.0 Å². The lowest BCUT2D eigenvalue weighted by atomic mass is 10.2. The van der Waals surface area contributed by atoms with Crippen molar-refractivity contribution in [1.82, 2.24) is 9.55 Å². The predicted molar refractivity (Wildman–Crippen MR) is 70.5 cm³/mol. The fraction of sp³-hybridized carbons (Fsp3) is 0.364. The number of nitrogens with one attached hydrogen (secondary N) is 1. The minimum absolute atomic E-state index is 0.427. The van der Waals surface area contributed by atoms with Crippen LogP contribution in [0, 0.1) is 4.77 Å². The SMILES string of the molecule is CSCCn1c(=S)[nH]c2cc(C(F)(F)F)ccc21. The molecule has 18 heavy (non-hydrogen) atoms. The van der Waals surface area contributed by atoms with Gasteiger partial charge in [-0.1, -0.05) is 0 Å². The Bertz CT molecular complexity index is 613. The molecule has 7 heteroatoms. The average Bonchev–Trinajstić information content (AvgIpc) is 2.60. The van der Waals surface area contributed by atoms with Crippen molar-refractivity contribution >= 4 is 35.0 Å². The van der Waals surface area contributed by atoms with Gasteiger partial charge in [0.15, 0.2) is 4.77 Å². The fourth-order valence-electron chi connectivity index (χ4n) is 1.74. The molecule has 2 rings (SSSR count). The molecule has 0 radical (unpaired) electrons. The van der Waals surface area contributed by atoms with Crippen LogP contribution in [0.15, 0.2) is 18.2 Å². The van der Waals surface area contributed by atoms with Gasteiger partial charge in [0, 0.05) is 12.3 Å². The minimum atomic E-state index is -4.33. The molecule has 0 saturated heterocycles. The number of aromatic amines is 1. The van der Waals surface area contributed by atoms with E-state index in [1.807, 2.05) is 10.8 Å². The molecule has 0 bridgehead atoms. The molecule has 1 N–H and O–H groups in total. The number of fused-ring (bicyclic) bond motifs is 1. The van der Waals surface area contributed by atoms with Gasteiger partial charge in [0.25, 0.3) is 0 Å². The molecule has 98 valence electrons. The number of aromatic nitrogens is 2. The van der Waals surface area contributed by atoms with E-state index in [0.29, 0.717) is 22.3 Å². The van der Waals surface area contributed by atoms with Gasteiger partial charge in [-0.3, -0.25) is 0 Å². The van der Waals surface area contributed by atoms with Crippen molar-refractivity contribution in [3.63, 3.8) is 0 Å². The summed E-state index contributed by atoms with van der Waals surface area (Å²) in [6.45, 7) is 0.686. The van der Waals surface area contributed by atoms with E-state index >= 15 is 0 Å². The van der Waals surface area contributed by atoms with E-state index in [-0.39, 0.29) is 0 Å². The number of benzene rings is 1. The molecule has 2 nitrogen and oxygen atoms in total. The lowest BCUT2D eigenvalue weighted by Gasteiger charge is -2.07. The summed E-state index contributed by atoms with van der Waals surface area (Å²) in [4.78, 5) is 2.82. The van der Waals surface area contributed by atoms with Gasteiger partial charge in [0.05, 0.1) is 16.6 Å². The second-order valence-corrected chi connectivity index (χ2v) is 5.18. The fourth-order valence-corrected chi connectivity index (χ4v) is 2.41. The van der Waals surface area contributed by atoms with Crippen LogP contribution < -0.4 is 0 Å². The third-order valence-corrected chi connectivity index (χ3v) is 3.53. The Morgan fingerprint density at radius 1 is 1.39 bits per heavy atom. The van der Waals surface area contributed by atoms with Crippen molar-refractivity contribution in [1.29, 1.82) is 0 Å². The molecule has 2 aromatic rings. The lowest BCUT2D eigenvalue weighted by molar-refractivity contribution is -0.137. The van der Waals surface area contributed by atoms with Crippen LogP contribution in [-0.2, 0) is 12.7 Å². The summed E-state index contributed by atoms with van der Waals surface area (Å²) in [6.07, 6.45) is -2.36.